The van der Waals surface area contributed by atoms with Crippen molar-refractivity contribution in [3.05, 3.63) is 34.6 Å². The van der Waals surface area contributed by atoms with Crippen LogP contribution in [-0.2, 0) is 35.2 Å². The maximum atomic E-state index is 14.5. The monoisotopic (exact) mass is 823 g/mol. The zero-order valence-electron chi connectivity index (χ0n) is 31.4. The second-order valence-electron chi connectivity index (χ2n) is 12.8. The van der Waals surface area contributed by atoms with E-state index < -0.39 is 132 Å². The summed E-state index contributed by atoms with van der Waals surface area (Å²) in [5.41, 5.74) is 19.7. The van der Waals surface area contributed by atoms with Crippen molar-refractivity contribution in [1.82, 2.24) is 36.8 Å². The van der Waals surface area contributed by atoms with Gasteiger partial charge < -0.3 is 64.8 Å². The molecule has 0 unspecified atom stereocenters. The minimum atomic E-state index is -2.47. The molecule has 17 N–H and O–H groups in total. The minimum Gasteiger partial charge on any atom is -0.391 e. The van der Waals surface area contributed by atoms with Crippen LogP contribution in [0.15, 0.2) is 0 Å². The van der Waals surface area contributed by atoms with Crippen LogP contribution in [0.4, 0.5) is 22.0 Å². The van der Waals surface area contributed by atoms with Crippen molar-refractivity contribution in [1.29, 1.82) is 10.8 Å². The van der Waals surface area contributed by atoms with Crippen molar-refractivity contribution in [2.24, 2.45) is 22.9 Å². The van der Waals surface area contributed by atoms with Gasteiger partial charge in [0.05, 0.1) is 6.10 Å². The molecule has 6 amide bonds. The molecule has 0 aliphatic rings. The lowest BCUT2D eigenvalue weighted by Crippen LogP contribution is -2.60. The summed E-state index contributed by atoms with van der Waals surface area (Å²) in [6.45, 7) is 1.35. The molecule has 0 aliphatic heterocycles. The van der Waals surface area contributed by atoms with Crippen LogP contribution in [0.25, 0.3) is 0 Å². The zero-order valence-corrected chi connectivity index (χ0v) is 31.4. The number of nitrogens with zero attached hydrogens (tertiary/aromatic N) is 1. The lowest BCUT2D eigenvalue weighted by molar-refractivity contribution is -0.143. The molecule has 0 saturated carbocycles. The summed E-state index contributed by atoms with van der Waals surface area (Å²) >= 11 is 0. The van der Waals surface area contributed by atoms with Crippen LogP contribution in [-0.4, -0.2) is 121 Å². The highest BCUT2D eigenvalue weighted by atomic mass is 19.2. The van der Waals surface area contributed by atoms with Crippen molar-refractivity contribution in [2.75, 3.05) is 27.2 Å². The van der Waals surface area contributed by atoms with Crippen molar-refractivity contribution >= 4 is 47.4 Å². The molecule has 0 spiro atoms. The molecule has 0 radical (unpaired) electrons. The highest BCUT2D eigenvalue weighted by molar-refractivity contribution is 5.96. The number of aliphatic hydroxyl groups is 1. The first-order chi connectivity index (χ1) is 26.5. The fraction of sp³-hybridized carbons (Fsp3) is 0.562. The number of hydrogen-bond acceptors (Lipinski definition) is 10. The number of carbonyl (C=O) groups excluding carboxylic acids is 6. The molecule has 0 aliphatic carbocycles. The van der Waals surface area contributed by atoms with Crippen molar-refractivity contribution in [3.8, 4) is 0 Å². The topological polar surface area (TPSA) is 350 Å². The summed E-state index contributed by atoms with van der Waals surface area (Å²) in [7, 11) is 2.45. The summed E-state index contributed by atoms with van der Waals surface area (Å²) in [5.74, 6) is -18.9. The van der Waals surface area contributed by atoms with Crippen molar-refractivity contribution in [2.45, 2.75) is 88.2 Å². The van der Waals surface area contributed by atoms with E-state index in [9.17, 15) is 55.8 Å². The molecule has 0 bridgehead atoms. The molecular formula is C32H50F5N13O7. The molecule has 1 aromatic carbocycles. The molecule has 0 heterocycles. The summed E-state index contributed by atoms with van der Waals surface area (Å²) < 4.78 is 70.4. The molecule has 0 fully saturated rings. The van der Waals surface area contributed by atoms with Crippen LogP contribution in [0.3, 0.4) is 0 Å². The van der Waals surface area contributed by atoms with Gasteiger partial charge in [0.15, 0.2) is 35.2 Å². The van der Waals surface area contributed by atoms with Crippen LogP contribution < -0.4 is 54.8 Å². The van der Waals surface area contributed by atoms with E-state index in [0.29, 0.717) is 0 Å². The Bertz CT molecular complexity index is 1630. The molecule has 20 nitrogen and oxygen atoms in total. The zero-order chi connectivity index (χ0) is 43.7. The molecule has 0 aromatic heterocycles. The Kier molecular flexibility index (Phi) is 20.1. The summed E-state index contributed by atoms with van der Waals surface area (Å²) in [4.78, 5) is 79.2. The van der Waals surface area contributed by atoms with Crippen LogP contribution in [0.5, 0.6) is 0 Å². The smallest absolute Gasteiger partial charge is 0.245 e. The molecule has 57 heavy (non-hydrogen) atoms. The third kappa shape index (κ3) is 15.3. The molecule has 25 heteroatoms. The number of nitrogens with one attached hydrogen (secondary N) is 8. The number of nitrogens with two attached hydrogens (primary N) is 4. The predicted molar refractivity (Wildman–Crippen MR) is 193 cm³/mol. The van der Waals surface area contributed by atoms with E-state index in [1.165, 1.54) is 14.0 Å². The first-order valence-corrected chi connectivity index (χ1v) is 17.3. The predicted octanol–water partition coefficient (Wildman–Crippen LogP) is -3.55. The van der Waals surface area contributed by atoms with Crippen molar-refractivity contribution < 1.29 is 55.8 Å². The minimum absolute atomic E-state index is 0.0230. The molecule has 6 atom stereocenters. The Morgan fingerprint density at radius 2 is 1.18 bits per heavy atom. The standard InChI is InChI=1S/C32H50F5N13O7/c1-13(51)25(44-2)29(56)47-15(6-4-10-45-31(40)41)27(54)48-16(8-9-19(38)52)30(57)50(3)18(7-5-11-46-32(42)43)28(55)49-17(26(39)53)12-14-20(33)22(35)24(37)23(36)21(14)34/h13,15-18,25,44,51H,4-12H2,1-3H3,(H2,38,52)(H2,39,53)(H,47,56)(H,48,54)(H,49,55)(H4,40,41,45)(H4,42,43,46)/t13-,15+,16+,17+,18+,25+/m1/s1. The van der Waals surface area contributed by atoms with Gasteiger partial charge in [0.1, 0.15) is 30.2 Å². The van der Waals surface area contributed by atoms with Gasteiger partial charge >= 0.3 is 0 Å². The number of amides is 6. The maximum absolute atomic E-state index is 14.5. The van der Waals surface area contributed by atoms with E-state index in [-0.39, 0.29) is 44.7 Å². The third-order valence-corrected chi connectivity index (χ3v) is 8.44. The van der Waals surface area contributed by atoms with Crippen LogP contribution in [0.2, 0.25) is 0 Å². The van der Waals surface area contributed by atoms with Gasteiger partial charge in [-0.2, -0.15) is 0 Å². The SMILES string of the molecule is CN[C@H](C(=O)N[C@@H](CCCNC(=N)N)C(=O)N[C@@H](CCC(N)=O)C(=O)N(C)[C@@H](CCCNC(=N)N)C(=O)N[C@@H](Cc1c(F)c(F)c(F)c(F)c1F)C(N)=O)[C@@H](C)O. The maximum Gasteiger partial charge on any atom is 0.245 e. The van der Waals surface area contributed by atoms with Gasteiger partial charge in [0.25, 0.3) is 0 Å². The second-order valence-corrected chi connectivity index (χ2v) is 12.8. The molecule has 0 saturated heterocycles. The Morgan fingerprint density at radius 1 is 0.702 bits per heavy atom. The van der Waals surface area contributed by atoms with E-state index in [2.05, 4.69) is 31.9 Å². The van der Waals surface area contributed by atoms with E-state index in [4.69, 9.17) is 33.8 Å². The van der Waals surface area contributed by atoms with Gasteiger partial charge in [0, 0.05) is 38.5 Å². The lowest BCUT2D eigenvalue weighted by Gasteiger charge is -2.32. The Labute approximate surface area is 323 Å². The number of hydrogen-bond donors (Lipinski definition) is 13. The highest BCUT2D eigenvalue weighted by Gasteiger charge is 2.36. The first kappa shape index (κ1) is 49.2. The highest BCUT2D eigenvalue weighted by Crippen LogP contribution is 2.24. The quantitative estimate of drug-likeness (QED) is 0.0120. The fourth-order valence-electron chi connectivity index (χ4n) is 5.41. The van der Waals surface area contributed by atoms with Gasteiger partial charge in [0.2, 0.25) is 41.3 Å². The summed E-state index contributed by atoms with van der Waals surface area (Å²) in [5, 5.41) is 39.2. The van der Waals surface area contributed by atoms with Gasteiger partial charge in [-0.05, 0) is 46.1 Å². The third-order valence-electron chi connectivity index (χ3n) is 8.44. The number of benzene rings is 1. The fourth-order valence-corrected chi connectivity index (χ4v) is 5.41. The van der Waals surface area contributed by atoms with E-state index in [1.807, 2.05) is 0 Å². The summed E-state index contributed by atoms with van der Waals surface area (Å²) in [6.07, 6.45) is -3.75. The second kappa shape index (κ2) is 23.3. The number of rotatable bonds is 24. The Morgan fingerprint density at radius 3 is 1.63 bits per heavy atom. The molecule has 320 valence electrons. The lowest BCUT2D eigenvalue weighted by atomic mass is 10.0. The average Bonchev–Trinajstić information content (AvgIpc) is 3.13. The number of carbonyl (C=O) groups is 6. The van der Waals surface area contributed by atoms with Gasteiger partial charge in [-0.25, -0.2) is 22.0 Å². The van der Waals surface area contributed by atoms with Crippen LogP contribution in [0.1, 0.15) is 51.0 Å². The number of primary amides is 2. The Hall–Kier alpha value is -5.85. The van der Waals surface area contributed by atoms with Gasteiger partial charge in [-0.15, -0.1) is 0 Å². The van der Waals surface area contributed by atoms with E-state index in [0.717, 1.165) is 11.9 Å². The summed E-state index contributed by atoms with van der Waals surface area (Å²) in [6, 6.07) is -7.92. The first-order valence-electron chi connectivity index (χ1n) is 17.3. The van der Waals surface area contributed by atoms with Crippen molar-refractivity contribution in [3.63, 3.8) is 0 Å². The van der Waals surface area contributed by atoms with Crippen LogP contribution in [0, 0.1) is 39.9 Å². The number of aliphatic hydroxyl groups excluding tert-OH is 1. The molecule has 1 rings (SSSR count). The normalized spacial score (nSPS) is 14.1. The molecular weight excluding hydrogens is 773 g/mol. The number of halogens is 5. The number of guanidine groups is 2. The van der Waals surface area contributed by atoms with Crippen LogP contribution >= 0.6 is 0 Å². The van der Waals surface area contributed by atoms with E-state index in [1.54, 1.807) is 0 Å². The van der Waals surface area contributed by atoms with Gasteiger partial charge in [-0.3, -0.25) is 39.6 Å². The largest absolute Gasteiger partial charge is 0.391 e. The molecule has 1 aromatic rings. The van der Waals surface area contributed by atoms with Gasteiger partial charge in [-0.1, -0.05) is 0 Å². The van der Waals surface area contributed by atoms with E-state index >= 15 is 0 Å². The average molecular weight is 824 g/mol. The number of likely N-dealkylation sites (N-methyl/N-ethyl adjacent to an activating group) is 2. The Balaban J connectivity index is 3.54.